The quantitative estimate of drug-likeness (QED) is 0.00504. The van der Waals surface area contributed by atoms with Gasteiger partial charge in [0.25, 0.3) is 11.4 Å². The Morgan fingerprint density at radius 2 is 0.720 bits per heavy atom. The average Bonchev–Trinajstić information content (AvgIpc) is 3.75. The third-order valence-corrected chi connectivity index (χ3v) is 14.8. The van der Waals surface area contributed by atoms with E-state index in [9.17, 15) is 39.4 Å². The maximum absolute atomic E-state index is 11.2. The molecule has 8 aromatic rings. The SMILES string of the molecule is C#CCCc1ccc(CC(=O)OC)cc1.COC(=O)Cc1ccc(CCC#Cc2ccc([N+](=O)[O-])cc2)cc1.COC(=O)Cc1ccc(CCCCc2ccc(N)cc2)cc1.Nc1ccc(CCCCc2ccc(CC(=O)NO)cc2)cc1.O=[N+]([O-])c1ccc(I)cc1. The number of rotatable bonds is 24. The molecule has 0 unspecified atom stereocenters. The summed E-state index contributed by atoms with van der Waals surface area (Å²) in [5, 5.41) is 29.2. The van der Waals surface area contributed by atoms with Gasteiger partial charge >= 0.3 is 17.9 Å². The van der Waals surface area contributed by atoms with Crippen molar-refractivity contribution >= 4 is 69.2 Å². The van der Waals surface area contributed by atoms with Gasteiger partial charge in [0, 0.05) is 57.6 Å². The maximum Gasteiger partial charge on any atom is 0.309 e. The van der Waals surface area contributed by atoms with Crippen LogP contribution in [0.2, 0.25) is 0 Å². The summed E-state index contributed by atoms with van der Waals surface area (Å²) >= 11 is 2.10. The third-order valence-electron chi connectivity index (χ3n) is 14.1. The Hall–Kier alpha value is -10.2. The molecule has 1 amide bonds. The van der Waals surface area contributed by atoms with Crippen LogP contribution in [0.1, 0.15) is 99.7 Å². The molecule has 0 saturated heterocycles. The van der Waals surface area contributed by atoms with Gasteiger partial charge in [-0.25, -0.2) is 5.48 Å². The van der Waals surface area contributed by atoms with Crippen LogP contribution in [0.15, 0.2) is 194 Å². The monoisotopic (exact) mass is 1370 g/mol. The van der Waals surface area contributed by atoms with E-state index in [1.807, 2.05) is 109 Å². The molecule has 0 heterocycles. The number of amides is 1. The first-order valence-corrected chi connectivity index (χ1v) is 31.2. The molecule has 0 saturated carbocycles. The molecule has 0 atom stereocenters. The van der Waals surface area contributed by atoms with E-state index < -0.39 is 15.8 Å². The molecular weight excluding hydrogens is 1290 g/mol. The third kappa shape index (κ3) is 32.4. The van der Waals surface area contributed by atoms with E-state index in [0.29, 0.717) is 19.3 Å². The van der Waals surface area contributed by atoms with Gasteiger partial charge in [-0.05, 0) is 191 Å². The van der Waals surface area contributed by atoms with Crippen LogP contribution in [0, 0.1) is 48.0 Å². The van der Waals surface area contributed by atoms with Gasteiger partial charge in [-0.1, -0.05) is 133 Å². The normalized spacial score (nSPS) is 9.94. The summed E-state index contributed by atoms with van der Waals surface area (Å²) in [6, 6.07) is 60.5. The highest BCUT2D eigenvalue weighted by Gasteiger charge is 2.08. The first-order valence-electron chi connectivity index (χ1n) is 30.1. The van der Waals surface area contributed by atoms with Gasteiger partial charge < -0.3 is 25.7 Å². The van der Waals surface area contributed by atoms with Crippen molar-refractivity contribution in [2.75, 3.05) is 32.8 Å². The van der Waals surface area contributed by atoms with E-state index in [-0.39, 0.29) is 42.1 Å². The highest BCUT2D eigenvalue weighted by molar-refractivity contribution is 14.1. The van der Waals surface area contributed by atoms with E-state index in [1.54, 1.807) is 29.7 Å². The molecule has 6 N–H and O–H groups in total. The number of aryl methyl sites for hydroxylation is 6. The number of nitro benzene ring substituents is 2. The van der Waals surface area contributed by atoms with Crippen molar-refractivity contribution in [2.24, 2.45) is 0 Å². The van der Waals surface area contributed by atoms with Crippen LogP contribution in [-0.4, -0.2) is 60.2 Å². The second kappa shape index (κ2) is 43.5. The number of nitrogens with one attached hydrogen (secondary N) is 1. The minimum absolute atomic E-state index is 0.0626. The Bertz CT molecular complexity index is 3550. The molecule has 0 fully saturated rings. The van der Waals surface area contributed by atoms with Gasteiger partial charge in [0.15, 0.2) is 0 Å². The Labute approximate surface area is 558 Å². The number of esters is 3. The number of anilines is 2. The van der Waals surface area contributed by atoms with Crippen molar-refractivity contribution in [3.05, 3.63) is 279 Å². The first-order chi connectivity index (χ1) is 44.9. The number of carbonyl (C=O) groups excluding carboxylic acids is 4. The number of hydrogen-bond donors (Lipinski definition) is 4. The van der Waals surface area contributed by atoms with Crippen LogP contribution >= 0.6 is 22.6 Å². The number of non-ortho nitro benzene ring substituents is 2. The Balaban J connectivity index is 0.000000254. The van der Waals surface area contributed by atoms with Crippen molar-refractivity contribution in [1.82, 2.24) is 5.48 Å². The second-order valence-corrected chi connectivity index (χ2v) is 22.4. The largest absolute Gasteiger partial charge is 0.469 e. The number of nitrogen functional groups attached to an aromatic ring is 2. The number of methoxy groups -OCH3 is 3. The molecule has 8 rings (SSSR count). The summed E-state index contributed by atoms with van der Waals surface area (Å²) in [4.78, 5) is 64.3. The van der Waals surface area contributed by atoms with Crippen molar-refractivity contribution in [1.29, 1.82) is 0 Å². The lowest BCUT2D eigenvalue weighted by atomic mass is 10.0. The van der Waals surface area contributed by atoms with Crippen molar-refractivity contribution in [3.63, 3.8) is 0 Å². The lowest BCUT2D eigenvalue weighted by Gasteiger charge is -2.05. The lowest BCUT2D eigenvalue weighted by molar-refractivity contribution is -0.385. The van der Waals surface area contributed by atoms with Crippen LogP contribution in [-0.2, 0) is 97.6 Å². The van der Waals surface area contributed by atoms with E-state index in [2.05, 4.69) is 91.0 Å². The van der Waals surface area contributed by atoms with E-state index in [1.165, 1.54) is 73.4 Å². The summed E-state index contributed by atoms with van der Waals surface area (Å²) in [6.07, 6.45) is 18.3. The number of hydrogen-bond acceptors (Lipinski definition) is 14. The fourth-order valence-corrected chi connectivity index (χ4v) is 9.10. The highest BCUT2D eigenvalue weighted by atomic mass is 127. The van der Waals surface area contributed by atoms with E-state index >= 15 is 0 Å². The fraction of sp³-hybridized carbons (Fsp3) is 0.253. The molecule has 18 heteroatoms. The van der Waals surface area contributed by atoms with Gasteiger partial charge in [-0.3, -0.25) is 44.6 Å². The summed E-state index contributed by atoms with van der Waals surface area (Å²) in [7, 11) is 4.18. The van der Waals surface area contributed by atoms with Gasteiger partial charge in [0.1, 0.15) is 0 Å². The zero-order chi connectivity index (χ0) is 67.6. The van der Waals surface area contributed by atoms with E-state index in [4.69, 9.17) is 23.1 Å². The molecule has 0 aliphatic heterocycles. The molecule has 0 aliphatic rings. The zero-order valence-corrected chi connectivity index (χ0v) is 54.9. The molecular formula is C75H80IN5O12. The number of nitro groups is 2. The zero-order valence-electron chi connectivity index (χ0n) is 52.7. The number of nitrogens with zero attached hydrogens (tertiary/aromatic N) is 2. The average molecular weight is 1370 g/mol. The number of nitrogens with two attached hydrogens (primary N) is 2. The standard InChI is InChI=1S/C19H17NO4.C19H23NO2.C18H22N2O2.C13H14O2.C6H4INO2/c1-24-19(21)14-17-8-6-15(7-9-17)4-2-3-5-16-10-12-18(13-11-16)20(22)23;1-22-19(21)14-17-8-6-15(7-9-17)4-2-3-5-16-10-12-18(20)13-11-16;19-17-11-9-15(10-12-17)4-2-1-3-14-5-7-16(8-6-14)13-18(21)20-22;1-3-4-5-11-6-8-12(9-7-11)10-13(14)15-2;7-5-1-3-6(4-2-5)8(9)10/h6-13H,2,4,14H2,1H3;6-13H,2-5,14,20H2,1H3;5-12,22H,1-4,13,19H2,(H,20,21);1,6-9H,4-5,10H2,2H3;1-4H. The fourth-order valence-electron chi connectivity index (χ4n) is 8.74. The van der Waals surface area contributed by atoms with Crippen molar-refractivity contribution < 1.29 is 48.4 Å². The van der Waals surface area contributed by atoms with Gasteiger partial charge in [-0.2, -0.15) is 0 Å². The number of hydroxylamine groups is 1. The number of carbonyl (C=O) groups is 4. The molecule has 17 nitrogen and oxygen atoms in total. The predicted octanol–water partition coefficient (Wildman–Crippen LogP) is 13.9. The van der Waals surface area contributed by atoms with Gasteiger partial charge in [0.05, 0.1) is 56.9 Å². The number of benzene rings is 8. The summed E-state index contributed by atoms with van der Waals surface area (Å²) < 4.78 is 14.9. The topological polar surface area (TPSA) is 267 Å². The molecule has 0 radical (unpaired) electrons. The van der Waals surface area contributed by atoms with E-state index in [0.717, 1.165) is 119 Å². The highest BCUT2D eigenvalue weighted by Crippen LogP contribution is 2.17. The molecule has 0 aliphatic carbocycles. The van der Waals surface area contributed by atoms with Crippen LogP contribution in [0.3, 0.4) is 0 Å². The molecule has 0 spiro atoms. The first kappa shape index (κ1) is 75.3. The molecule has 0 bridgehead atoms. The van der Waals surface area contributed by atoms with Crippen LogP contribution < -0.4 is 16.9 Å². The number of ether oxygens (including phenoxy) is 3. The maximum atomic E-state index is 11.2. The van der Waals surface area contributed by atoms with Crippen molar-refractivity contribution in [3.8, 4) is 24.2 Å². The smallest absolute Gasteiger partial charge is 0.309 e. The summed E-state index contributed by atoms with van der Waals surface area (Å²) in [5.41, 5.74) is 26.9. The number of unbranched alkanes of at least 4 members (excludes halogenated alkanes) is 2. The Morgan fingerprint density at radius 3 is 1.02 bits per heavy atom. The number of terminal acetylenes is 1. The molecule has 8 aromatic carbocycles. The van der Waals surface area contributed by atoms with Crippen molar-refractivity contribution in [2.45, 2.75) is 103 Å². The summed E-state index contributed by atoms with van der Waals surface area (Å²) in [6.45, 7) is 0. The van der Waals surface area contributed by atoms with Gasteiger partial charge in [-0.15, -0.1) is 12.3 Å². The Morgan fingerprint density at radius 1 is 0.441 bits per heavy atom. The van der Waals surface area contributed by atoms with Crippen LogP contribution in [0.25, 0.3) is 0 Å². The van der Waals surface area contributed by atoms with Crippen LogP contribution in [0.4, 0.5) is 22.7 Å². The Kier molecular flexibility index (Phi) is 35.3. The molecule has 0 aromatic heterocycles. The summed E-state index contributed by atoms with van der Waals surface area (Å²) in [5.74, 6) is 7.59. The lowest BCUT2D eigenvalue weighted by Crippen LogP contribution is -2.20. The number of halogens is 1. The van der Waals surface area contributed by atoms with Crippen LogP contribution in [0.5, 0.6) is 0 Å². The molecule has 484 valence electrons. The molecule has 93 heavy (non-hydrogen) atoms. The minimum Gasteiger partial charge on any atom is -0.469 e. The minimum atomic E-state index is -0.429. The predicted molar refractivity (Wildman–Crippen MR) is 373 cm³/mol. The van der Waals surface area contributed by atoms with Gasteiger partial charge in [0.2, 0.25) is 5.91 Å². The second-order valence-electron chi connectivity index (χ2n) is 21.2.